The molecule has 0 fully saturated rings. The van der Waals surface area contributed by atoms with Gasteiger partial charge in [0.15, 0.2) is 5.75 Å². The maximum Gasteiger partial charge on any atom is 0.416 e. The average molecular weight is 308 g/mol. The Balaban J connectivity index is 2.59. The molecule has 0 aliphatic rings. The number of halogens is 3. The Labute approximate surface area is 122 Å². The molecule has 3 aromatic rings. The molecule has 7 heteroatoms. The summed E-state index contributed by atoms with van der Waals surface area (Å²) in [5, 5.41) is 10.4. The lowest BCUT2D eigenvalue weighted by Crippen LogP contribution is -2.18. The van der Waals surface area contributed by atoms with Gasteiger partial charge in [0.05, 0.1) is 22.2 Å². The number of pyridine rings is 1. The van der Waals surface area contributed by atoms with Crippen molar-refractivity contribution in [1.29, 1.82) is 0 Å². The largest absolute Gasteiger partial charge is 0.505 e. The number of aromatic hydroxyl groups is 1. The van der Waals surface area contributed by atoms with Crippen LogP contribution in [0.15, 0.2) is 35.1 Å². The molecule has 0 bridgehead atoms. The van der Waals surface area contributed by atoms with E-state index in [2.05, 4.69) is 0 Å². The molecule has 0 saturated heterocycles. The normalized spacial score (nSPS) is 12.2. The van der Waals surface area contributed by atoms with Crippen molar-refractivity contribution in [3.63, 3.8) is 0 Å². The number of hydrogen-bond donors (Lipinski definition) is 2. The third-order valence-corrected chi connectivity index (χ3v) is 3.70. The highest BCUT2D eigenvalue weighted by Crippen LogP contribution is 2.36. The van der Waals surface area contributed by atoms with E-state index < -0.39 is 23.0 Å². The molecule has 2 aromatic carbocycles. The van der Waals surface area contributed by atoms with Gasteiger partial charge >= 0.3 is 6.18 Å². The number of phenols is 1. The van der Waals surface area contributed by atoms with Gasteiger partial charge in [-0.1, -0.05) is 6.07 Å². The first-order valence-electron chi connectivity index (χ1n) is 6.33. The summed E-state index contributed by atoms with van der Waals surface area (Å²) in [6, 6.07) is 5.93. The van der Waals surface area contributed by atoms with E-state index in [-0.39, 0.29) is 21.8 Å². The molecule has 3 N–H and O–H groups in total. The van der Waals surface area contributed by atoms with Crippen LogP contribution in [-0.2, 0) is 13.2 Å². The van der Waals surface area contributed by atoms with Crippen molar-refractivity contribution in [1.82, 2.24) is 4.57 Å². The molecule has 0 saturated carbocycles. The van der Waals surface area contributed by atoms with E-state index in [1.54, 1.807) is 0 Å². The predicted molar refractivity (Wildman–Crippen MR) is 77.8 cm³/mol. The van der Waals surface area contributed by atoms with E-state index in [1.165, 1.54) is 29.8 Å². The highest BCUT2D eigenvalue weighted by molar-refractivity contribution is 6.09. The van der Waals surface area contributed by atoms with Crippen LogP contribution in [0, 0.1) is 0 Å². The fraction of sp³-hybridized carbons (Fsp3) is 0.133. The van der Waals surface area contributed by atoms with Crippen molar-refractivity contribution in [2.24, 2.45) is 7.05 Å². The Hall–Kier alpha value is -2.70. The third kappa shape index (κ3) is 1.89. The molecule has 0 spiro atoms. The van der Waals surface area contributed by atoms with Gasteiger partial charge in [0.1, 0.15) is 0 Å². The molecule has 0 aliphatic carbocycles. The fourth-order valence-electron chi connectivity index (χ4n) is 2.55. The number of nitrogens with two attached hydrogens (primary N) is 1. The SMILES string of the molecule is Cn1c(=O)c2c(O)c(N)ccc2c2cc(C(F)(F)F)ccc21. The first-order valence-corrected chi connectivity index (χ1v) is 6.33. The summed E-state index contributed by atoms with van der Waals surface area (Å²) in [6.45, 7) is 0. The first kappa shape index (κ1) is 14.2. The van der Waals surface area contributed by atoms with Gasteiger partial charge in [-0.15, -0.1) is 0 Å². The van der Waals surface area contributed by atoms with E-state index in [1.807, 2.05) is 0 Å². The fourth-order valence-corrected chi connectivity index (χ4v) is 2.55. The van der Waals surface area contributed by atoms with Crippen molar-refractivity contribution in [2.45, 2.75) is 6.18 Å². The Morgan fingerprint density at radius 1 is 1.14 bits per heavy atom. The molecule has 0 aliphatic heterocycles. The van der Waals surface area contributed by atoms with E-state index in [9.17, 15) is 23.1 Å². The van der Waals surface area contributed by atoms with Crippen molar-refractivity contribution in [3.8, 4) is 5.75 Å². The molecule has 1 heterocycles. The van der Waals surface area contributed by atoms with Gasteiger partial charge in [0, 0.05) is 17.8 Å². The predicted octanol–water partition coefficient (Wildman–Crippen LogP) is 3.00. The Morgan fingerprint density at radius 3 is 2.45 bits per heavy atom. The topological polar surface area (TPSA) is 68.2 Å². The van der Waals surface area contributed by atoms with Crippen LogP contribution >= 0.6 is 0 Å². The monoisotopic (exact) mass is 308 g/mol. The summed E-state index contributed by atoms with van der Waals surface area (Å²) in [4.78, 5) is 12.3. The standard InChI is InChI=1S/C15H11F3N2O2/c1-20-11-5-2-7(15(16,17)18)6-9(11)8-3-4-10(19)13(21)12(8)14(20)22/h2-6,21H,19H2,1H3. The Kier molecular flexibility index (Phi) is 2.85. The number of nitrogens with zero attached hydrogens (tertiary/aromatic N) is 1. The summed E-state index contributed by atoms with van der Waals surface area (Å²) in [5.74, 6) is -0.419. The van der Waals surface area contributed by atoms with Crippen LogP contribution in [0.3, 0.4) is 0 Å². The van der Waals surface area contributed by atoms with Crippen LogP contribution in [0.25, 0.3) is 21.7 Å². The smallest absolute Gasteiger partial charge is 0.416 e. The third-order valence-electron chi connectivity index (χ3n) is 3.70. The second-order valence-corrected chi connectivity index (χ2v) is 5.02. The number of fused-ring (bicyclic) bond motifs is 3. The van der Waals surface area contributed by atoms with Gasteiger partial charge in [-0.25, -0.2) is 0 Å². The summed E-state index contributed by atoms with van der Waals surface area (Å²) >= 11 is 0. The van der Waals surface area contributed by atoms with E-state index >= 15 is 0 Å². The van der Waals surface area contributed by atoms with Gasteiger partial charge in [0.25, 0.3) is 5.56 Å². The lowest BCUT2D eigenvalue weighted by molar-refractivity contribution is -0.137. The number of aryl methyl sites for hydroxylation is 1. The highest BCUT2D eigenvalue weighted by Gasteiger charge is 2.31. The van der Waals surface area contributed by atoms with Crippen LogP contribution in [0.1, 0.15) is 5.56 Å². The van der Waals surface area contributed by atoms with E-state index in [4.69, 9.17) is 5.73 Å². The Morgan fingerprint density at radius 2 is 1.82 bits per heavy atom. The van der Waals surface area contributed by atoms with Gasteiger partial charge in [-0.05, 0) is 24.3 Å². The van der Waals surface area contributed by atoms with Crippen LogP contribution < -0.4 is 11.3 Å². The van der Waals surface area contributed by atoms with Crippen LogP contribution in [0.5, 0.6) is 5.75 Å². The quantitative estimate of drug-likeness (QED) is 0.381. The van der Waals surface area contributed by atoms with E-state index in [0.29, 0.717) is 5.52 Å². The second-order valence-electron chi connectivity index (χ2n) is 5.02. The van der Waals surface area contributed by atoms with Crippen molar-refractivity contribution in [3.05, 3.63) is 46.2 Å². The first-order chi connectivity index (χ1) is 10.2. The van der Waals surface area contributed by atoms with Crippen molar-refractivity contribution < 1.29 is 18.3 Å². The van der Waals surface area contributed by atoms with Crippen molar-refractivity contribution in [2.75, 3.05) is 5.73 Å². The van der Waals surface area contributed by atoms with Gasteiger partial charge in [-0.3, -0.25) is 4.79 Å². The van der Waals surface area contributed by atoms with Gasteiger partial charge < -0.3 is 15.4 Å². The highest BCUT2D eigenvalue weighted by atomic mass is 19.4. The zero-order valence-corrected chi connectivity index (χ0v) is 11.4. The number of rotatable bonds is 0. The average Bonchev–Trinajstić information content (AvgIpc) is 2.46. The minimum Gasteiger partial charge on any atom is -0.505 e. The number of alkyl halides is 3. The number of nitrogen functional groups attached to an aromatic ring is 1. The minimum absolute atomic E-state index is 0.00377. The maximum atomic E-state index is 12.9. The molecule has 0 amide bonds. The molecule has 0 radical (unpaired) electrons. The minimum atomic E-state index is -4.49. The van der Waals surface area contributed by atoms with E-state index in [0.717, 1.165) is 12.1 Å². The lowest BCUT2D eigenvalue weighted by Gasteiger charge is -2.13. The van der Waals surface area contributed by atoms with Crippen LogP contribution in [0.4, 0.5) is 18.9 Å². The number of phenolic OH excluding ortho intramolecular Hbond substituents is 1. The molecular formula is C15H11F3N2O2. The number of aromatic nitrogens is 1. The molecule has 3 rings (SSSR count). The molecular weight excluding hydrogens is 297 g/mol. The van der Waals surface area contributed by atoms with Crippen molar-refractivity contribution >= 4 is 27.4 Å². The summed E-state index contributed by atoms with van der Waals surface area (Å²) in [7, 11) is 1.43. The number of hydrogen-bond acceptors (Lipinski definition) is 3. The molecule has 0 atom stereocenters. The molecule has 4 nitrogen and oxygen atoms in total. The number of benzene rings is 2. The second kappa shape index (κ2) is 4.40. The lowest BCUT2D eigenvalue weighted by atomic mass is 10.0. The molecule has 22 heavy (non-hydrogen) atoms. The summed E-state index contributed by atoms with van der Waals surface area (Å²) in [5.41, 5.74) is 4.56. The zero-order valence-electron chi connectivity index (χ0n) is 11.4. The van der Waals surface area contributed by atoms with Crippen LogP contribution in [-0.4, -0.2) is 9.67 Å². The summed E-state index contributed by atoms with van der Waals surface area (Å²) < 4.78 is 39.9. The van der Waals surface area contributed by atoms with Gasteiger partial charge in [0.2, 0.25) is 0 Å². The molecule has 114 valence electrons. The Bertz CT molecular complexity index is 975. The van der Waals surface area contributed by atoms with Crippen LogP contribution in [0.2, 0.25) is 0 Å². The summed E-state index contributed by atoms with van der Waals surface area (Å²) in [6.07, 6.45) is -4.49. The van der Waals surface area contributed by atoms with Gasteiger partial charge in [-0.2, -0.15) is 13.2 Å². The molecule has 0 unspecified atom stereocenters. The zero-order chi connectivity index (χ0) is 16.2. The maximum absolute atomic E-state index is 12.9. The number of anilines is 1. The molecule has 1 aromatic heterocycles.